The molecule has 2 rings (SSSR count). The van der Waals surface area contributed by atoms with Crippen LogP contribution in [0.4, 0.5) is 0 Å². The number of nitrogens with zero attached hydrogens (tertiary/aromatic N) is 1. The van der Waals surface area contributed by atoms with E-state index in [9.17, 15) is 0 Å². The highest BCUT2D eigenvalue weighted by atomic mass is 32.2. The zero-order valence-corrected chi connectivity index (χ0v) is 12.4. The molecule has 1 aliphatic heterocycles. The molecule has 0 aliphatic carbocycles. The molecule has 2 heterocycles. The van der Waals surface area contributed by atoms with Gasteiger partial charge in [-0.25, -0.2) is 0 Å². The zero-order valence-electron chi connectivity index (χ0n) is 11.6. The Morgan fingerprint density at radius 1 is 1.56 bits per heavy atom. The van der Waals surface area contributed by atoms with Crippen LogP contribution in [0, 0.1) is 0 Å². The summed E-state index contributed by atoms with van der Waals surface area (Å²) in [5.41, 5.74) is 1.25. The molecule has 1 saturated heterocycles. The Balaban J connectivity index is 1.85. The number of hydrogen-bond donors (Lipinski definition) is 1. The van der Waals surface area contributed by atoms with Gasteiger partial charge in [0.05, 0.1) is 12.8 Å². The van der Waals surface area contributed by atoms with Crippen molar-refractivity contribution in [3.63, 3.8) is 0 Å². The Bertz CT molecular complexity index is 364. The first-order valence-corrected chi connectivity index (χ1v) is 7.92. The highest BCUT2D eigenvalue weighted by molar-refractivity contribution is 7.99. The average molecular weight is 268 g/mol. The Hall–Kier alpha value is -0.450. The zero-order chi connectivity index (χ0) is 13.0. The number of thioether (sulfide) groups is 1. The van der Waals surface area contributed by atoms with Gasteiger partial charge in [0.15, 0.2) is 0 Å². The van der Waals surface area contributed by atoms with Gasteiger partial charge >= 0.3 is 0 Å². The standard InChI is InChI=1S/C14H24N2OS/c1-11(2)15-7-13-6-14(17-9-13)8-16-4-5-18-10-12(16)3/h6,9,11-12,15H,4-5,7-8,10H2,1-3H3. The van der Waals surface area contributed by atoms with Crippen LogP contribution in [0.5, 0.6) is 0 Å². The summed E-state index contributed by atoms with van der Waals surface area (Å²) in [5.74, 6) is 3.57. The number of rotatable bonds is 5. The van der Waals surface area contributed by atoms with Gasteiger partial charge in [-0.15, -0.1) is 0 Å². The maximum absolute atomic E-state index is 5.66. The van der Waals surface area contributed by atoms with E-state index in [0.29, 0.717) is 12.1 Å². The lowest BCUT2D eigenvalue weighted by Gasteiger charge is -2.32. The topological polar surface area (TPSA) is 28.4 Å². The van der Waals surface area contributed by atoms with Crippen LogP contribution in [-0.2, 0) is 13.1 Å². The fourth-order valence-electron chi connectivity index (χ4n) is 2.12. The molecule has 1 aromatic heterocycles. The van der Waals surface area contributed by atoms with E-state index in [1.807, 2.05) is 6.26 Å². The molecule has 0 bridgehead atoms. The predicted octanol–water partition coefficient (Wildman–Crippen LogP) is 2.71. The van der Waals surface area contributed by atoms with E-state index in [1.54, 1.807) is 0 Å². The Labute approximate surface area is 114 Å². The smallest absolute Gasteiger partial charge is 0.118 e. The van der Waals surface area contributed by atoms with Gasteiger partial charge in [0.1, 0.15) is 5.76 Å². The summed E-state index contributed by atoms with van der Waals surface area (Å²) in [6, 6.07) is 3.36. The normalized spacial score (nSPS) is 21.7. The number of hydrogen-bond acceptors (Lipinski definition) is 4. The van der Waals surface area contributed by atoms with Crippen molar-refractivity contribution in [2.45, 2.75) is 45.9 Å². The SMILES string of the molecule is CC(C)NCc1coc(CN2CCSCC2C)c1. The van der Waals surface area contributed by atoms with Crippen molar-refractivity contribution in [3.05, 3.63) is 23.7 Å². The van der Waals surface area contributed by atoms with Crippen molar-refractivity contribution in [3.8, 4) is 0 Å². The van der Waals surface area contributed by atoms with Crippen LogP contribution in [0.1, 0.15) is 32.1 Å². The van der Waals surface area contributed by atoms with Gasteiger partial charge in [0.2, 0.25) is 0 Å². The van der Waals surface area contributed by atoms with Crippen molar-refractivity contribution < 1.29 is 4.42 Å². The van der Waals surface area contributed by atoms with Gasteiger partial charge in [-0.05, 0) is 13.0 Å². The maximum atomic E-state index is 5.66. The van der Waals surface area contributed by atoms with Crippen LogP contribution in [0.3, 0.4) is 0 Å². The van der Waals surface area contributed by atoms with Gasteiger partial charge in [-0.3, -0.25) is 4.90 Å². The molecule has 0 radical (unpaired) electrons. The van der Waals surface area contributed by atoms with Crippen LogP contribution >= 0.6 is 11.8 Å². The van der Waals surface area contributed by atoms with Gasteiger partial charge < -0.3 is 9.73 Å². The minimum atomic E-state index is 0.516. The Morgan fingerprint density at radius 2 is 2.39 bits per heavy atom. The van der Waals surface area contributed by atoms with E-state index in [-0.39, 0.29) is 0 Å². The number of furan rings is 1. The first kappa shape index (κ1) is 14.0. The third-order valence-corrected chi connectivity index (χ3v) is 4.48. The summed E-state index contributed by atoms with van der Waals surface area (Å²) in [6.07, 6.45) is 1.88. The van der Waals surface area contributed by atoms with E-state index < -0.39 is 0 Å². The Morgan fingerprint density at radius 3 is 3.11 bits per heavy atom. The van der Waals surface area contributed by atoms with Crippen molar-refractivity contribution in [1.29, 1.82) is 0 Å². The molecular formula is C14H24N2OS. The molecule has 0 aromatic carbocycles. The van der Waals surface area contributed by atoms with Crippen molar-refractivity contribution in [2.75, 3.05) is 18.1 Å². The van der Waals surface area contributed by atoms with Crippen molar-refractivity contribution in [1.82, 2.24) is 10.2 Å². The van der Waals surface area contributed by atoms with Gasteiger partial charge in [-0.1, -0.05) is 13.8 Å². The molecule has 3 nitrogen and oxygen atoms in total. The van der Waals surface area contributed by atoms with Crippen LogP contribution in [0.25, 0.3) is 0 Å². The van der Waals surface area contributed by atoms with E-state index in [1.165, 1.54) is 23.6 Å². The van der Waals surface area contributed by atoms with Crippen LogP contribution in [0.15, 0.2) is 16.7 Å². The lowest BCUT2D eigenvalue weighted by Crippen LogP contribution is -2.39. The van der Waals surface area contributed by atoms with Gasteiger partial charge in [-0.2, -0.15) is 11.8 Å². The van der Waals surface area contributed by atoms with E-state index in [4.69, 9.17) is 4.42 Å². The maximum Gasteiger partial charge on any atom is 0.118 e. The quantitative estimate of drug-likeness (QED) is 0.889. The molecule has 1 aliphatic rings. The molecule has 0 spiro atoms. The molecule has 1 aromatic rings. The Kier molecular flexibility index (Phi) is 5.15. The van der Waals surface area contributed by atoms with Crippen LogP contribution in [-0.4, -0.2) is 35.0 Å². The molecule has 0 amide bonds. The van der Waals surface area contributed by atoms with Crippen molar-refractivity contribution in [2.24, 2.45) is 0 Å². The minimum absolute atomic E-state index is 0.516. The van der Waals surface area contributed by atoms with E-state index in [0.717, 1.165) is 18.8 Å². The fourth-order valence-corrected chi connectivity index (χ4v) is 3.20. The molecule has 0 saturated carbocycles. The molecule has 102 valence electrons. The first-order chi connectivity index (χ1) is 8.65. The number of nitrogens with one attached hydrogen (secondary N) is 1. The second kappa shape index (κ2) is 6.64. The van der Waals surface area contributed by atoms with E-state index >= 15 is 0 Å². The summed E-state index contributed by atoms with van der Waals surface area (Å²) in [7, 11) is 0. The largest absolute Gasteiger partial charge is 0.468 e. The summed E-state index contributed by atoms with van der Waals surface area (Å²) in [5, 5.41) is 3.41. The minimum Gasteiger partial charge on any atom is -0.468 e. The van der Waals surface area contributed by atoms with Gasteiger partial charge in [0, 0.05) is 42.2 Å². The highest BCUT2D eigenvalue weighted by Gasteiger charge is 2.19. The summed E-state index contributed by atoms with van der Waals surface area (Å²) < 4.78 is 5.66. The summed E-state index contributed by atoms with van der Waals surface area (Å²) >= 11 is 2.05. The molecule has 4 heteroatoms. The molecule has 1 unspecified atom stereocenters. The van der Waals surface area contributed by atoms with Crippen molar-refractivity contribution >= 4 is 11.8 Å². The fraction of sp³-hybridized carbons (Fsp3) is 0.714. The predicted molar refractivity (Wildman–Crippen MR) is 77.9 cm³/mol. The summed E-state index contributed by atoms with van der Waals surface area (Å²) in [6.45, 7) is 9.64. The molecule has 1 N–H and O–H groups in total. The third kappa shape index (κ3) is 4.04. The summed E-state index contributed by atoms with van der Waals surface area (Å²) in [4.78, 5) is 2.51. The second-order valence-electron chi connectivity index (χ2n) is 5.35. The van der Waals surface area contributed by atoms with Crippen LogP contribution in [0.2, 0.25) is 0 Å². The molecule has 1 atom stereocenters. The lowest BCUT2D eigenvalue weighted by atomic mass is 10.2. The van der Waals surface area contributed by atoms with Gasteiger partial charge in [0.25, 0.3) is 0 Å². The second-order valence-corrected chi connectivity index (χ2v) is 6.50. The molecule has 1 fully saturated rings. The van der Waals surface area contributed by atoms with E-state index in [2.05, 4.69) is 48.8 Å². The lowest BCUT2D eigenvalue weighted by molar-refractivity contribution is 0.206. The van der Waals surface area contributed by atoms with Crippen LogP contribution < -0.4 is 5.32 Å². The highest BCUT2D eigenvalue weighted by Crippen LogP contribution is 2.19. The molecular weight excluding hydrogens is 244 g/mol. The average Bonchev–Trinajstić information content (AvgIpc) is 2.77. The first-order valence-electron chi connectivity index (χ1n) is 6.76. The monoisotopic (exact) mass is 268 g/mol. The molecule has 18 heavy (non-hydrogen) atoms. The third-order valence-electron chi connectivity index (χ3n) is 3.29.